The zero-order valence-corrected chi connectivity index (χ0v) is 38.7. The van der Waals surface area contributed by atoms with Crippen molar-refractivity contribution in [3.8, 4) is 0 Å². The van der Waals surface area contributed by atoms with Gasteiger partial charge in [-0.25, -0.2) is 4.57 Å². The molecule has 0 fully saturated rings. The second-order valence-corrected chi connectivity index (χ2v) is 16.5. The molecule has 0 saturated heterocycles. The second kappa shape index (κ2) is 44.9. The van der Waals surface area contributed by atoms with Crippen molar-refractivity contribution in [2.75, 3.05) is 26.4 Å². The normalized spacial score (nSPS) is 14.6. The lowest BCUT2D eigenvalue weighted by Crippen LogP contribution is -2.28. The van der Waals surface area contributed by atoms with Gasteiger partial charge in [0.2, 0.25) is 0 Å². The molecule has 0 radical (unpaired) electrons. The van der Waals surface area contributed by atoms with Crippen LogP contribution in [-0.2, 0) is 32.7 Å². The predicted molar refractivity (Wildman–Crippen MR) is 251 cm³/mol. The van der Waals surface area contributed by atoms with E-state index in [-0.39, 0.29) is 12.8 Å². The van der Waals surface area contributed by atoms with Crippen molar-refractivity contribution < 1.29 is 47.8 Å². The van der Waals surface area contributed by atoms with Crippen molar-refractivity contribution in [2.24, 2.45) is 0 Å². The summed E-state index contributed by atoms with van der Waals surface area (Å²) in [6, 6.07) is 0. The minimum atomic E-state index is -4.67. The van der Waals surface area contributed by atoms with Gasteiger partial charge < -0.3 is 24.6 Å². The molecule has 0 aliphatic rings. The molecule has 0 aliphatic carbocycles. The lowest BCUT2D eigenvalue weighted by molar-refractivity contribution is -0.153. The number of ether oxygens (including phenoxy) is 2. The van der Waals surface area contributed by atoms with Gasteiger partial charge in [0.15, 0.2) is 0 Å². The van der Waals surface area contributed by atoms with E-state index in [2.05, 4.69) is 98.9 Å². The zero-order chi connectivity index (χ0) is 44.8. The van der Waals surface area contributed by atoms with Crippen LogP contribution in [0, 0.1) is 0 Å². The summed E-state index contributed by atoms with van der Waals surface area (Å²) >= 11 is 0. The molecule has 10 nitrogen and oxygen atoms in total. The number of allylic oxidation sites excluding steroid dienone is 16. The van der Waals surface area contributed by atoms with E-state index in [0.717, 1.165) is 70.6 Å². The minimum absolute atomic E-state index is 0.0615. The topological polar surface area (TPSA) is 149 Å². The van der Waals surface area contributed by atoms with Crippen LogP contribution >= 0.6 is 7.82 Å². The molecule has 3 unspecified atom stereocenters. The predicted octanol–water partition coefficient (Wildman–Crippen LogP) is 12.8. The number of phosphoric acid groups is 1. The van der Waals surface area contributed by atoms with Crippen molar-refractivity contribution in [3.05, 3.63) is 97.2 Å². The van der Waals surface area contributed by atoms with Crippen LogP contribution in [-0.4, -0.2) is 65.7 Å². The molecule has 0 bridgehead atoms. The Hall–Kier alpha value is -3.11. The molecule has 0 saturated carbocycles. The fourth-order valence-electron chi connectivity index (χ4n) is 5.76. The van der Waals surface area contributed by atoms with Crippen LogP contribution in [0.25, 0.3) is 0 Å². The zero-order valence-electron chi connectivity index (χ0n) is 37.8. The van der Waals surface area contributed by atoms with E-state index in [1.165, 1.54) is 57.8 Å². The van der Waals surface area contributed by atoms with Crippen LogP contribution in [0.2, 0.25) is 0 Å². The first kappa shape index (κ1) is 57.9. The maximum absolute atomic E-state index is 12.4. The van der Waals surface area contributed by atoms with E-state index in [9.17, 15) is 29.3 Å². The maximum atomic E-state index is 12.4. The standard InChI is InChI=1S/C50H83O10P/c1-3-5-7-9-11-13-15-17-19-21-23-25-27-29-31-33-35-37-39-41-49(53)59-47(43-51)45-57-61(55,56)58-46-48(44-52)60-50(54)42-40-38-36-34-32-30-28-26-24-22-20-18-16-14-12-10-8-6-4-2/h5,7,11-14,17-20,23,25,29,31,35,37,47-48,51-52H,3-4,6,8-10,15-16,21-22,24,26-28,30,32-34,36,38-46H2,1-2H3,(H,55,56)/b7-5-,13-11-,14-12-,19-17-,20-18-,25-23-,31-29-,37-35-. The van der Waals surface area contributed by atoms with Crippen molar-refractivity contribution >= 4 is 19.8 Å². The number of carbonyl (C=O) groups excluding carboxylic acids is 2. The summed E-state index contributed by atoms with van der Waals surface area (Å²) in [5.74, 6) is -1.12. The Morgan fingerprint density at radius 2 is 0.803 bits per heavy atom. The lowest BCUT2D eigenvalue weighted by atomic mass is 10.1. The van der Waals surface area contributed by atoms with Gasteiger partial charge in [0.1, 0.15) is 12.2 Å². The number of hydrogen-bond acceptors (Lipinski definition) is 9. The molecule has 0 aliphatic heterocycles. The Balaban J connectivity index is 4.01. The summed E-state index contributed by atoms with van der Waals surface area (Å²) in [4.78, 5) is 34.6. The number of rotatable bonds is 42. The Kier molecular flexibility index (Phi) is 42.6. The first-order valence-electron chi connectivity index (χ1n) is 23.2. The highest BCUT2D eigenvalue weighted by Crippen LogP contribution is 2.43. The molecular weight excluding hydrogens is 792 g/mol. The highest BCUT2D eigenvalue weighted by molar-refractivity contribution is 7.47. The number of carbonyl (C=O) groups is 2. The summed E-state index contributed by atoms with van der Waals surface area (Å²) in [7, 11) is -4.67. The summed E-state index contributed by atoms with van der Waals surface area (Å²) < 4.78 is 32.6. The van der Waals surface area contributed by atoms with Crippen LogP contribution < -0.4 is 0 Å². The molecule has 3 atom stereocenters. The molecule has 0 rings (SSSR count). The minimum Gasteiger partial charge on any atom is -0.457 e. The summed E-state index contributed by atoms with van der Waals surface area (Å²) in [6.07, 6.45) is 55.3. The third-order valence-electron chi connectivity index (χ3n) is 9.29. The Bertz CT molecular complexity index is 1330. The number of aliphatic hydroxyl groups excluding tert-OH is 2. The third kappa shape index (κ3) is 43.3. The molecule has 0 aromatic rings. The van der Waals surface area contributed by atoms with E-state index in [1.807, 2.05) is 12.2 Å². The molecule has 0 spiro atoms. The van der Waals surface area contributed by atoms with Crippen LogP contribution in [0.5, 0.6) is 0 Å². The molecule has 0 amide bonds. The van der Waals surface area contributed by atoms with Gasteiger partial charge in [-0.05, 0) is 83.5 Å². The lowest BCUT2D eigenvalue weighted by Gasteiger charge is -2.20. The third-order valence-corrected chi connectivity index (χ3v) is 10.2. The summed E-state index contributed by atoms with van der Waals surface area (Å²) in [5.41, 5.74) is 0. The van der Waals surface area contributed by atoms with E-state index >= 15 is 0 Å². The Morgan fingerprint density at radius 3 is 1.21 bits per heavy atom. The molecule has 0 heterocycles. The van der Waals surface area contributed by atoms with Gasteiger partial charge in [0.05, 0.1) is 26.4 Å². The van der Waals surface area contributed by atoms with Crippen LogP contribution in [0.15, 0.2) is 97.2 Å². The van der Waals surface area contributed by atoms with Crippen molar-refractivity contribution in [1.29, 1.82) is 0 Å². The van der Waals surface area contributed by atoms with Gasteiger partial charge in [-0.15, -0.1) is 0 Å². The summed E-state index contributed by atoms with van der Waals surface area (Å²) in [6.45, 7) is 1.97. The van der Waals surface area contributed by atoms with Crippen molar-refractivity contribution in [3.63, 3.8) is 0 Å². The average Bonchev–Trinajstić information content (AvgIpc) is 3.25. The fraction of sp³-hybridized carbons (Fsp3) is 0.640. The maximum Gasteiger partial charge on any atom is 0.472 e. The van der Waals surface area contributed by atoms with Gasteiger partial charge in [-0.2, -0.15) is 0 Å². The van der Waals surface area contributed by atoms with Gasteiger partial charge in [0.25, 0.3) is 0 Å². The number of esters is 2. The van der Waals surface area contributed by atoms with Crippen molar-refractivity contribution in [2.45, 2.75) is 180 Å². The SMILES string of the molecule is CC/C=C\C/C=C\C/C=C\C/C=C\C/C=C\C/C=C\CCC(=O)OC(CO)COP(=O)(O)OCC(CO)OC(=O)CCCCCCCCCCC/C=C\C/C=C\CCCCC. The average molecular weight is 875 g/mol. The molecule has 61 heavy (non-hydrogen) atoms. The van der Waals surface area contributed by atoms with E-state index < -0.39 is 58.4 Å². The number of aliphatic hydroxyl groups is 2. The van der Waals surface area contributed by atoms with Crippen LogP contribution in [0.4, 0.5) is 0 Å². The van der Waals surface area contributed by atoms with Crippen LogP contribution in [0.3, 0.4) is 0 Å². The number of phosphoric ester groups is 1. The quantitative estimate of drug-likeness (QED) is 0.0234. The molecule has 0 aromatic heterocycles. The smallest absolute Gasteiger partial charge is 0.457 e. The first-order chi connectivity index (χ1) is 29.8. The molecule has 348 valence electrons. The van der Waals surface area contributed by atoms with Gasteiger partial charge in [-0.1, -0.05) is 169 Å². The largest absolute Gasteiger partial charge is 0.472 e. The monoisotopic (exact) mass is 875 g/mol. The van der Waals surface area contributed by atoms with E-state index in [0.29, 0.717) is 12.8 Å². The second-order valence-electron chi connectivity index (χ2n) is 15.0. The van der Waals surface area contributed by atoms with Crippen molar-refractivity contribution in [1.82, 2.24) is 0 Å². The molecule has 3 N–H and O–H groups in total. The van der Waals surface area contributed by atoms with Gasteiger partial charge >= 0.3 is 19.8 Å². The first-order valence-corrected chi connectivity index (χ1v) is 24.7. The highest BCUT2D eigenvalue weighted by Gasteiger charge is 2.27. The van der Waals surface area contributed by atoms with Gasteiger partial charge in [0, 0.05) is 12.8 Å². The molecular formula is C50H83O10P. The van der Waals surface area contributed by atoms with E-state index in [1.54, 1.807) is 0 Å². The van der Waals surface area contributed by atoms with Gasteiger partial charge in [-0.3, -0.25) is 18.6 Å². The summed E-state index contributed by atoms with van der Waals surface area (Å²) in [5, 5.41) is 19.2. The number of hydrogen-bond donors (Lipinski definition) is 3. The van der Waals surface area contributed by atoms with Crippen LogP contribution in [0.1, 0.15) is 168 Å². The Morgan fingerprint density at radius 1 is 0.459 bits per heavy atom. The Labute approximate surface area is 370 Å². The fourth-order valence-corrected chi connectivity index (χ4v) is 6.54. The molecule has 0 aromatic carbocycles. The molecule has 11 heteroatoms. The highest BCUT2D eigenvalue weighted by atomic mass is 31.2. The number of unbranched alkanes of at least 4 members (excludes halogenated alkanes) is 12. The van der Waals surface area contributed by atoms with E-state index in [4.69, 9.17) is 18.5 Å².